The molecule has 3 rings (SSSR count). The van der Waals surface area contributed by atoms with Crippen molar-refractivity contribution in [3.05, 3.63) is 77.4 Å². The van der Waals surface area contributed by atoms with Crippen LogP contribution in [0.25, 0.3) is 0 Å². The van der Waals surface area contributed by atoms with Crippen LogP contribution in [0.2, 0.25) is 0 Å². The lowest BCUT2D eigenvalue weighted by atomic mass is 10.2. The third kappa shape index (κ3) is 7.37. The van der Waals surface area contributed by atoms with Crippen LogP contribution in [0, 0.1) is 6.92 Å². The zero-order valence-electron chi connectivity index (χ0n) is 19.4. The van der Waals surface area contributed by atoms with Gasteiger partial charge in [0.15, 0.2) is 11.5 Å². The van der Waals surface area contributed by atoms with Crippen LogP contribution >= 0.6 is 0 Å². The number of aromatic nitrogens is 2. The first-order valence-corrected chi connectivity index (χ1v) is 10.8. The van der Waals surface area contributed by atoms with E-state index in [1.165, 1.54) is 5.56 Å². The number of benzene rings is 2. The number of H-pyrrole nitrogens is 1. The molecule has 2 aromatic carbocycles. The second-order valence-corrected chi connectivity index (χ2v) is 8.32. The Balaban J connectivity index is 1.53. The van der Waals surface area contributed by atoms with E-state index in [2.05, 4.69) is 38.9 Å². The lowest BCUT2D eigenvalue weighted by Gasteiger charge is -2.22. The summed E-state index contributed by atoms with van der Waals surface area (Å²) in [5.74, 6) is 2.23. The molecule has 0 amide bonds. The maximum Gasteiger partial charge on any atom is 0.161 e. The van der Waals surface area contributed by atoms with Gasteiger partial charge in [-0.25, -0.2) is 4.98 Å². The first-order valence-electron chi connectivity index (χ1n) is 10.8. The number of aromatic amines is 1. The van der Waals surface area contributed by atoms with Gasteiger partial charge in [0.05, 0.1) is 13.7 Å². The van der Waals surface area contributed by atoms with Gasteiger partial charge < -0.3 is 19.6 Å². The third-order valence-corrected chi connectivity index (χ3v) is 5.10. The highest BCUT2D eigenvalue weighted by molar-refractivity contribution is 5.43. The van der Waals surface area contributed by atoms with Crippen molar-refractivity contribution < 1.29 is 14.6 Å². The molecule has 0 aliphatic rings. The Bertz CT molecular complexity index is 961. The number of rotatable bonds is 12. The van der Waals surface area contributed by atoms with Gasteiger partial charge in [0.25, 0.3) is 0 Å². The standard InChI is InChI=1S/C25H34N4O3/c1-19-13-26-25(27-19)17-29(3)15-21-10-11-23(31-4)24(12-21)32-18-22(30)16-28(2)14-20-8-6-5-7-9-20/h5-13,22,30H,14-18H2,1-4H3,(H,26,27)/t22-/m1/s1. The molecular weight excluding hydrogens is 404 g/mol. The van der Waals surface area contributed by atoms with E-state index >= 15 is 0 Å². The second kappa shape index (κ2) is 11.7. The molecule has 1 aromatic heterocycles. The molecule has 0 saturated carbocycles. The van der Waals surface area contributed by atoms with Gasteiger partial charge >= 0.3 is 0 Å². The number of nitrogens with one attached hydrogen (secondary N) is 1. The molecule has 0 aliphatic heterocycles. The summed E-state index contributed by atoms with van der Waals surface area (Å²) in [6, 6.07) is 16.1. The van der Waals surface area contributed by atoms with Crippen LogP contribution in [0.15, 0.2) is 54.7 Å². The summed E-state index contributed by atoms with van der Waals surface area (Å²) in [6.45, 7) is 4.95. The van der Waals surface area contributed by atoms with Crippen molar-refractivity contribution in [3.8, 4) is 11.5 Å². The van der Waals surface area contributed by atoms with Crippen LogP contribution in [0.3, 0.4) is 0 Å². The zero-order chi connectivity index (χ0) is 22.9. The van der Waals surface area contributed by atoms with Crippen LogP contribution in [0.4, 0.5) is 0 Å². The van der Waals surface area contributed by atoms with Crippen molar-refractivity contribution in [2.75, 3.05) is 34.4 Å². The van der Waals surface area contributed by atoms with Crippen LogP contribution in [0.1, 0.15) is 22.6 Å². The lowest BCUT2D eigenvalue weighted by Crippen LogP contribution is -2.32. The number of hydrogen-bond acceptors (Lipinski definition) is 6. The van der Waals surface area contributed by atoms with E-state index in [0.717, 1.165) is 36.7 Å². The van der Waals surface area contributed by atoms with Crippen molar-refractivity contribution in [1.29, 1.82) is 0 Å². The number of nitrogens with zero attached hydrogens (tertiary/aromatic N) is 3. The zero-order valence-corrected chi connectivity index (χ0v) is 19.4. The summed E-state index contributed by atoms with van der Waals surface area (Å²) in [7, 11) is 5.67. The van der Waals surface area contributed by atoms with E-state index in [1.54, 1.807) is 7.11 Å². The molecule has 0 aliphatic carbocycles. The van der Waals surface area contributed by atoms with E-state index in [1.807, 2.05) is 56.6 Å². The fourth-order valence-electron chi connectivity index (χ4n) is 3.66. The van der Waals surface area contributed by atoms with Gasteiger partial charge in [0.2, 0.25) is 0 Å². The molecule has 0 spiro atoms. The van der Waals surface area contributed by atoms with Gasteiger partial charge in [-0.3, -0.25) is 9.80 Å². The Labute approximate surface area is 190 Å². The number of methoxy groups -OCH3 is 1. The van der Waals surface area contributed by atoms with Crippen molar-refractivity contribution in [1.82, 2.24) is 19.8 Å². The molecule has 2 N–H and O–H groups in total. The van der Waals surface area contributed by atoms with E-state index in [4.69, 9.17) is 9.47 Å². The first kappa shape index (κ1) is 23.8. The highest BCUT2D eigenvalue weighted by Gasteiger charge is 2.13. The topological polar surface area (TPSA) is 73.8 Å². The normalized spacial score (nSPS) is 12.3. The smallest absolute Gasteiger partial charge is 0.161 e. The third-order valence-electron chi connectivity index (χ3n) is 5.10. The fraction of sp³-hybridized carbons (Fsp3) is 0.400. The second-order valence-electron chi connectivity index (χ2n) is 8.32. The van der Waals surface area contributed by atoms with Crippen LogP contribution < -0.4 is 9.47 Å². The molecule has 7 heteroatoms. The average molecular weight is 439 g/mol. The number of likely N-dealkylation sites (N-methyl/N-ethyl adjacent to an activating group) is 1. The molecule has 172 valence electrons. The van der Waals surface area contributed by atoms with Gasteiger partial charge in [0, 0.05) is 31.5 Å². The minimum Gasteiger partial charge on any atom is -0.493 e. The predicted molar refractivity (Wildman–Crippen MR) is 126 cm³/mol. The van der Waals surface area contributed by atoms with Gasteiger partial charge in [-0.1, -0.05) is 36.4 Å². The summed E-state index contributed by atoms with van der Waals surface area (Å²) in [5, 5.41) is 10.5. The summed E-state index contributed by atoms with van der Waals surface area (Å²) in [6.07, 6.45) is 1.23. The van der Waals surface area contributed by atoms with E-state index in [9.17, 15) is 5.11 Å². The molecule has 0 unspecified atom stereocenters. The van der Waals surface area contributed by atoms with Crippen molar-refractivity contribution in [3.63, 3.8) is 0 Å². The Morgan fingerprint density at radius 1 is 0.969 bits per heavy atom. The highest BCUT2D eigenvalue weighted by atomic mass is 16.5. The average Bonchev–Trinajstić information content (AvgIpc) is 3.17. The van der Waals surface area contributed by atoms with Gasteiger partial charge in [0.1, 0.15) is 18.5 Å². The molecule has 0 saturated heterocycles. The number of hydrogen-bond donors (Lipinski definition) is 2. The molecule has 0 bridgehead atoms. The van der Waals surface area contributed by atoms with Gasteiger partial charge in [-0.15, -0.1) is 0 Å². The van der Waals surface area contributed by atoms with Crippen LogP contribution in [-0.2, 0) is 19.6 Å². The Morgan fingerprint density at radius 3 is 2.41 bits per heavy atom. The Kier molecular flexibility index (Phi) is 8.67. The first-order chi connectivity index (χ1) is 15.4. The minimum atomic E-state index is -0.609. The van der Waals surface area contributed by atoms with Crippen molar-refractivity contribution >= 4 is 0 Å². The van der Waals surface area contributed by atoms with E-state index in [-0.39, 0.29) is 6.61 Å². The molecule has 7 nitrogen and oxygen atoms in total. The van der Waals surface area contributed by atoms with Gasteiger partial charge in [-0.2, -0.15) is 0 Å². The largest absolute Gasteiger partial charge is 0.493 e. The summed E-state index contributed by atoms with van der Waals surface area (Å²) in [5.41, 5.74) is 3.37. The Morgan fingerprint density at radius 2 is 1.72 bits per heavy atom. The van der Waals surface area contributed by atoms with Gasteiger partial charge in [-0.05, 0) is 44.3 Å². The summed E-state index contributed by atoms with van der Waals surface area (Å²) >= 11 is 0. The fourth-order valence-corrected chi connectivity index (χ4v) is 3.66. The SMILES string of the molecule is COc1ccc(CN(C)Cc2ncc(C)[nH]2)cc1OC[C@H](O)CN(C)Cc1ccccc1. The molecule has 32 heavy (non-hydrogen) atoms. The minimum absolute atomic E-state index is 0.195. The number of imidazole rings is 1. The van der Waals surface area contributed by atoms with Crippen LogP contribution in [-0.4, -0.2) is 65.3 Å². The number of aliphatic hydroxyl groups is 1. The molecule has 1 atom stereocenters. The molecular formula is C25H34N4O3. The summed E-state index contributed by atoms with van der Waals surface area (Å²) in [4.78, 5) is 11.9. The van der Waals surface area contributed by atoms with E-state index in [0.29, 0.717) is 18.0 Å². The molecule has 3 aromatic rings. The number of ether oxygens (including phenoxy) is 2. The maximum absolute atomic E-state index is 10.5. The van der Waals surface area contributed by atoms with Crippen molar-refractivity contribution in [2.24, 2.45) is 0 Å². The number of aliphatic hydroxyl groups excluding tert-OH is 1. The summed E-state index contributed by atoms with van der Waals surface area (Å²) < 4.78 is 11.4. The molecule has 0 fully saturated rings. The Hall–Kier alpha value is -2.87. The van der Waals surface area contributed by atoms with Crippen molar-refractivity contribution in [2.45, 2.75) is 32.7 Å². The molecule has 1 heterocycles. The quantitative estimate of drug-likeness (QED) is 0.452. The van der Waals surface area contributed by atoms with E-state index < -0.39 is 6.10 Å². The highest BCUT2D eigenvalue weighted by Crippen LogP contribution is 2.28. The van der Waals surface area contributed by atoms with Crippen LogP contribution in [0.5, 0.6) is 11.5 Å². The monoisotopic (exact) mass is 438 g/mol. The predicted octanol–water partition coefficient (Wildman–Crippen LogP) is 3.23. The molecule has 0 radical (unpaired) electrons. The number of aryl methyl sites for hydroxylation is 1. The maximum atomic E-state index is 10.5. The lowest BCUT2D eigenvalue weighted by molar-refractivity contribution is 0.0732.